The van der Waals surface area contributed by atoms with E-state index in [-0.39, 0.29) is 5.84 Å². The summed E-state index contributed by atoms with van der Waals surface area (Å²) in [5.41, 5.74) is 6.07. The molecule has 106 valence electrons. The molecule has 0 saturated carbocycles. The van der Waals surface area contributed by atoms with E-state index in [4.69, 9.17) is 25.4 Å². The second-order valence-electron chi connectivity index (χ2n) is 4.59. The van der Waals surface area contributed by atoms with Gasteiger partial charge in [-0.25, -0.2) is 0 Å². The number of hydrogen-bond donors (Lipinski definition) is 2. The van der Waals surface area contributed by atoms with Crippen molar-refractivity contribution < 1.29 is 14.2 Å². The molecule has 0 aliphatic carbocycles. The van der Waals surface area contributed by atoms with Crippen molar-refractivity contribution in [1.82, 2.24) is 0 Å². The molecule has 5 heteroatoms. The minimum absolute atomic E-state index is 0.0271. The summed E-state index contributed by atoms with van der Waals surface area (Å²) < 4.78 is 16.2. The third-order valence-corrected chi connectivity index (χ3v) is 2.42. The lowest BCUT2D eigenvalue weighted by molar-refractivity contribution is 0.0818. The molecule has 1 rings (SSSR count). The smallest absolute Gasteiger partial charge is 0.134 e. The van der Waals surface area contributed by atoms with E-state index in [2.05, 4.69) is 13.8 Å². The lowest BCUT2D eigenvalue weighted by Crippen LogP contribution is -2.15. The van der Waals surface area contributed by atoms with E-state index in [0.717, 1.165) is 0 Å². The van der Waals surface area contributed by atoms with Crippen LogP contribution in [0.15, 0.2) is 18.2 Å². The largest absolute Gasteiger partial charge is 0.497 e. The fourth-order valence-corrected chi connectivity index (χ4v) is 1.50. The first-order chi connectivity index (χ1) is 9.04. The van der Waals surface area contributed by atoms with Crippen LogP contribution in [0.4, 0.5) is 0 Å². The van der Waals surface area contributed by atoms with E-state index in [1.54, 1.807) is 25.3 Å². The van der Waals surface area contributed by atoms with Crippen molar-refractivity contribution in [2.45, 2.75) is 13.8 Å². The molecule has 0 saturated heterocycles. The van der Waals surface area contributed by atoms with E-state index >= 15 is 0 Å². The number of nitrogens with two attached hydrogens (primary N) is 1. The van der Waals surface area contributed by atoms with Gasteiger partial charge in [0, 0.05) is 12.7 Å². The Kier molecular flexibility index (Phi) is 6.15. The topological polar surface area (TPSA) is 77.6 Å². The number of nitrogens with one attached hydrogen (secondary N) is 1. The van der Waals surface area contributed by atoms with E-state index in [1.807, 2.05) is 0 Å². The van der Waals surface area contributed by atoms with Gasteiger partial charge >= 0.3 is 0 Å². The van der Waals surface area contributed by atoms with Gasteiger partial charge in [-0.2, -0.15) is 0 Å². The molecule has 0 radical (unpaired) electrons. The molecule has 0 aliphatic rings. The number of methoxy groups -OCH3 is 1. The molecular formula is C14H22N2O3. The van der Waals surface area contributed by atoms with Crippen LogP contribution in [0.2, 0.25) is 0 Å². The van der Waals surface area contributed by atoms with Crippen LogP contribution in [0.5, 0.6) is 11.5 Å². The number of rotatable bonds is 8. The Morgan fingerprint density at radius 3 is 2.63 bits per heavy atom. The van der Waals surface area contributed by atoms with Gasteiger partial charge in [-0.1, -0.05) is 13.8 Å². The molecule has 0 aromatic heterocycles. The highest BCUT2D eigenvalue weighted by atomic mass is 16.5. The van der Waals surface area contributed by atoms with Crippen LogP contribution < -0.4 is 15.2 Å². The zero-order chi connectivity index (χ0) is 14.3. The van der Waals surface area contributed by atoms with Gasteiger partial charge in [-0.15, -0.1) is 0 Å². The van der Waals surface area contributed by atoms with Crippen molar-refractivity contribution in [2.24, 2.45) is 11.7 Å². The summed E-state index contributed by atoms with van der Waals surface area (Å²) in [4.78, 5) is 0. The molecule has 3 N–H and O–H groups in total. The molecule has 1 aromatic carbocycles. The molecule has 0 heterocycles. The van der Waals surface area contributed by atoms with E-state index < -0.39 is 0 Å². The first-order valence-corrected chi connectivity index (χ1v) is 6.27. The molecule has 0 unspecified atom stereocenters. The highest BCUT2D eigenvalue weighted by molar-refractivity contribution is 5.97. The normalized spacial score (nSPS) is 10.5. The maximum absolute atomic E-state index is 7.50. The quantitative estimate of drug-likeness (QED) is 0.429. The number of amidine groups is 1. The number of hydrogen-bond acceptors (Lipinski definition) is 4. The highest BCUT2D eigenvalue weighted by Crippen LogP contribution is 2.24. The van der Waals surface area contributed by atoms with Gasteiger partial charge in [0.25, 0.3) is 0 Å². The van der Waals surface area contributed by atoms with Gasteiger partial charge in [0.2, 0.25) is 0 Å². The minimum atomic E-state index is -0.0271. The predicted molar refractivity (Wildman–Crippen MR) is 75.2 cm³/mol. The molecule has 0 fully saturated rings. The molecule has 0 amide bonds. The van der Waals surface area contributed by atoms with Gasteiger partial charge in [0.15, 0.2) is 0 Å². The average Bonchev–Trinajstić information content (AvgIpc) is 2.37. The van der Waals surface area contributed by atoms with Crippen molar-refractivity contribution in [2.75, 3.05) is 26.9 Å². The van der Waals surface area contributed by atoms with E-state index in [9.17, 15) is 0 Å². The fourth-order valence-electron chi connectivity index (χ4n) is 1.50. The van der Waals surface area contributed by atoms with Gasteiger partial charge in [0.1, 0.15) is 23.9 Å². The second-order valence-corrected chi connectivity index (χ2v) is 4.59. The first-order valence-electron chi connectivity index (χ1n) is 6.27. The lowest BCUT2D eigenvalue weighted by Gasteiger charge is -2.13. The van der Waals surface area contributed by atoms with Crippen molar-refractivity contribution in [1.29, 1.82) is 5.41 Å². The molecule has 0 atom stereocenters. The third-order valence-electron chi connectivity index (χ3n) is 2.42. The molecule has 5 nitrogen and oxygen atoms in total. The zero-order valence-corrected chi connectivity index (χ0v) is 11.7. The SMILES string of the molecule is COc1ccc(C(=N)N)c(OCCOCC(C)C)c1. The number of benzene rings is 1. The van der Waals surface area contributed by atoms with Crippen molar-refractivity contribution in [3.8, 4) is 11.5 Å². The monoisotopic (exact) mass is 266 g/mol. The summed E-state index contributed by atoms with van der Waals surface area (Å²) in [6.07, 6.45) is 0. The maximum atomic E-state index is 7.50. The van der Waals surface area contributed by atoms with Crippen molar-refractivity contribution in [3.63, 3.8) is 0 Å². The molecule has 0 aliphatic heterocycles. The zero-order valence-electron chi connectivity index (χ0n) is 11.7. The predicted octanol–water partition coefficient (Wildman–Crippen LogP) is 2.03. The first kappa shape index (κ1) is 15.3. The van der Waals surface area contributed by atoms with Crippen LogP contribution in [0, 0.1) is 11.3 Å². The third kappa shape index (κ3) is 5.18. The van der Waals surface area contributed by atoms with Crippen LogP contribution in [-0.4, -0.2) is 32.8 Å². The van der Waals surface area contributed by atoms with Gasteiger partial charge in [-0.3, -0.25) is 5.41 Å². The molecule has 1 aromatic rings. The molecule has 0 spiro atoms. The molecule has 19 heavy (non-hydrogen) atoms. The Bertz CT molecular complexity index is 419. The summed E-state index contributed by atoms with van der Waals surface area (Å²) in [5, 5.41) is 7.50. The van der Waals surface area contributed by atoms with Crippen LogP contribution in [-0.2, 0) is 4.74 Å². The van der Waals surface area contributed by atoms with Crippen molar-refractivity contribution >= 4 is 5.84 Å². The highest BCUT2D eigenvalue weighted by Gasteiger charge is 2.08. The van der Waals surface area contributed by atoms with Crippen LogP contribution in [0.1, 0.15) is 19.4 Å². The van der Waals surface area contributed by atoms with E-state index in [1.165, 1.54) is 0 Å². The summed E-state index contributed by atoms with van der Waals surface area (Å²) in [5.74, 6) is 1.69. The number of nitrogen functional groups attached to an aromatic ring is 1. The maximum Gasteiger partial charge on any atom is 0.134 e. The second kappa shape index (κ2) is 7.63. The molecular weight excluding hydrogens is 244 g/mol. The average molecular weight is 266 g/mol. The summed E-state index contributed by atoms with van der Waals surface area (Å²) in [6.45, 7) is 5.82. The Balaban J connectivity index is 2.57. The summed E-state index contributed by atoms with van der Waals surface area (Å²) in [6, 6.07) is 5.18. The summed E-state index contributed by atoms with van der Waals surface area (Å²) >= 11 is 0. The van der Waals surface area contributed by atoms with Gasteiger partial charge < -0.3 is 19.9 Å². The molecule has 0 bridgehead atoms. The van der Waals surface area contributed by atoms with Crippen LogP contribution in [0.25, 0.3) is 0 Å². The Morgan fingerprint density at radius 2 is 2.05 bits per heavy atom. The van der Waals surface area contributed by atoms with E-state index in [0.29, 0.717) is 42.8 Å². The van der Waals surface area contributed by atoms with Gasteiger partial charge in [0.05, 0.1) is 19.3 Å². The van der Waals surface area contributed by atoms with Gasteiger partial charge in [-0.05, 0) is 18.1 Å². The summed E-state index contributed by atoms with van der Waals surface area (Å²) in [7, 11) is 1.58. The van der Waals surface area contributed by atoms with Crippen molar-refractivity contribution in [3.05, 3.63) is 23.8 Å². The van der Waals surface area contributed by atoms with Crippen LogP contribution in [0.3, 0.4) is 0 Å². The Morgan fingerprint density at radius 1 is 1.32 bits per heavy atom. The minimum Gasteiger partial charge on any atom is -0.497 e. The Labute approximate surface area is 114 Å². The fraction of sp³-hybridized carbons (Fsp3) is 0.500. The standard InChI is InChI=1S/C14H22N2O3/c1-10(2)9-18-6-7-19-13-8-11(17-3)4-5-12(13)14(15)16/h4-5,8,10H,6-7,9H2,1-3H3,(H3,15,16). The Hall–Kier alpha value is -1.75. The van der Waals surface area contributed by atoms with Crippen LogP contribution >= 0.6 is 0 Å². The lowest BCUT2D eigenvalue weighted by atomic mass is 10.2. The number of ether oxygens (including phenoxy) is 3.